The Labute approximate surface area is 164 Å². The Hall–Kier alpha value is -3.52. The molecule has 5 nitrogen and oxygen atoms in total. The lowest BCUT2D eigenvalue weighted by molar-refractivity contribution is 0.0517. The monoisotopic (exact) mass is 374 g/mol. The molecule has 0 bridgehead atoms. The molecule has 0 N–H and O–H groups in total. The molecule has 3 rings (SSSR count). The normalized spacial score (nSPS) is 10.7. The molecule has 0 aliphatic heterocycles. The third-order valence-electron chi connectivity index (χ3n) is 3.77. The molecule has 1 aromatic heterocycles. The predicted octanol–water partition coefficient (Wildman–Crippen LogP) is 4.74. The van der Waals surface area contributed by atoms with E-state index in [2.05, 4.69) is 16.9 Å². The summed E-state index contributed by atoms with van der Waals surface area (Å²) in [6.45, 7) is 5.46. The van der Waals surface area contributed by atoms with Crippen LogP contribution in [0.2, 0.25) is 0 Å². The second-order valence-corrected chi connectivity index (χ2v) is 7.15. The van der Waals surface area contributed by atoms with Gasteiger partial charge in [-0.05, 0) is 51.0 Å². The number of nitrogens with zero attached hydrogens (tertiary/aromatic N) is 2. The SMILES string of the molecule is COc1ccc(C#Cc2cc(-c3ccccc3)n(C(=O)OC(C)(C)C)n2)cc1. The molecule has 0 radical (unpaired) electrons. The van der Waals surface area contributed by atoms with Crippen molar-refractivity contribution in [1.29, 1.82) is 0 Å². The van der Waals surface area contributed by atoms with Crippen molar-refractivity contribution in [3.8, 4) is 28.8 Å². The summed E-state index contributed by atoms with van der Waals surface area (Å²) in [7, 11) is 1.62. The third-order valence-corrected chi connectivity index (χ3v) is 3.77. The van der Waals surface area contributed by atoms with Crippen molar-refractivity contribution in [2.75, 3.05) is 7.11 Å². The highest BCUT2D eigenvalue weighted by molar-refractivity contribution is 5.78. The summed E-state index contributed by atoms with van der Waals surface area (Å²) in [6.07, 6.45) is -0.538. The van der Waals surface area contributed by atoms with Crippen molar-refractivity contribution < 1.29 is 14.3 Å². The van der Waals surface area contributed by atoms with Crippen LogP contribution in [0.15, 0.2) is 60.7 Å². The van der Waals surface area contributed by atoms with Crippen LogP contribution in [0.25, 0.3) is 11.3 Å². The molecule has 3 aromatic rings. The minimum atomic E-state index is -0.619. The number of aromatic nitrogens is 2. The molecule has 0 unspecified atom stereocenters. The number of carbonyl (C=O) groups is 1. The maximum absolute atomic E-state index is 12.6. The molecule has 0 saturated carbocycles. The van der Waals surface area contributed by atoms with Gasteiger partial charge in [-0.25, -0.2) is 4.79 Å². The number of methoxy groups -OCH3 is 1. The minimum absolute atomic E-state index is 0.487. The van der Waals surface area contributed by atoms with E-state index >= 15 is 0 Å². The van der Waals surface area contributed by atoms with Gasteiger partial charge in [-0.1, -0.05) is 36.3 Å². The molecule has 0 fully saturated rings. The molecule has 2 aromatic carbocycles. The number of ether oxygens (including phenoxy) is 2. The number of carbonyl (C=O) groups excluding carboxylic acids is 1. The summed E-state index contributed by atoms with van der Waals surface area (Å²) in [5.41, 5.74) is 2.19. The van der Waals surface area contributed by atoms with Gasteiger partial charge in [-0.15, -0.1) is 0 Å². The molecule has 0 spiro atoms. The van der Waals surface area contributed by atoms with Gasteiger partial charge in [-0.2, -0.15) is 9.78 Å². The van der Waals surface area contributed by atoms with Gasteiger partial charge in [0, 0.05) is 17.2 Å². The van der Waals surface area contributed by atoms with E-state index in [1.807, 2.05) is 75.4 Å². The van der Waals surface area contributed by atoms with Gasteiger partial charge in [0.1, 0.15) is 17.0 Å². The number of benzene rings is 2. The van der Waals surface area contributed by atoms with Gasteiger partial charge in [0.2, 0.25) is 0 Å². The lowest BCUT2D eigenvalue weighted by Gasteiger charge is -2.19. The molecule has 142 valence electrons. The van der Waals surface area contributed by atoms with E-state index in [-0.39, 0.29) is 0 Å². The van der Waals surface area contributed by atoms with Crippen molar-refractivity contribution in [2.24, 2.45) is 0 Å². The van der Waals surface area contributed by atoms with Gasteiger partial charge in [0.25, 0.3) is 0 Å². The van der Waals surface area contributed by atoms with Crippen LogP contribution in [0.4, 0.5) is 4.79 Å². The second-order valence-electron chi connectivity index (χ2n) is 7.15. The van der Waals surface area contributed by atoms with Crippen LogP contribution in [-0.4, -0.2) is 28.6 Å². The second kappa shape index (κ2) is 8.01. The molecule has 0 amide bonds. The van der Waals surface area contributed by atoms with Gasteiger partial charge in [0.05, 0.1) is 12.8 Å². The van der Waals surface area contributed by atoms with E-state index in [4.69, 9.17) is 9.47 Å². The number of rotatable bonds is 2. The maximum atomic E-state index is 12.6. The lowest BCUT2D eigenvalue weighted by atomic mass is 10.1. The Morgan fingerprint density at radius 3 is 2.29 bits per heavy atom. The molecule has 5 heteroatoms. The summed E-state index contributed by atoms with van der Waals surface area (Å²) >= 11 is 0. The number of hydrogen-bond donors (Lipinski definition) is 0. The first-order valence-corrected chi connectivity index (χ1v) is 8.90. The molecule has 1 heterocycles. The van der Waals surface area contributed by atoms with Gasteiger partial charge in [-0.3, -0.25) is 0 Å². The standard InChI is InChI=1S/C23H22N2O3/c1-23(2,3)28-22(26)25-21(18-8-6-5-7-9-18)16-19(24-25)13-10-17-11-14-20(27-4)15-12-17/h5-9,11-12,14-16H,1-4H3. The zero-order valence-electron chi connectivity index (χ0n) is 16.4. The topological polar surface area (TPSA) is 53.4 Å². The van der Waals surface area contributed by atoms with E-state index < -0.39 is 11.7 Å². The highest BCUT2D eigenvalue weighted by atomic mass is 16.6. The third kappa shape index (κ3) is 4.80. The van der Waals surface area contributed by atoms with Crippen LogP contribution in [0.3, 0.4) is 0 Å². The Morgan fingerprint density at radius 1 is 1.00 bits per heavy atom. The van der Waals surface area contributed by atoms with Crippen LogP contribution < -0.4 is 4.74 Å². The minimum Gasteiger partial charge on any atom is -0.497 e. The number of hydrogen-bond acceptors (Lipinski definition) is 4. The molecule has 0 aliphatic rings. The summed E-state index contributed by atoms with van der Waals surface area (Å²) < 4.78 is 11.9. The zero-order chi connectivity index (χ0) is 20.1. The summed E-state index contributed by atoms with van der Waals surface area (Å²) in [5, 5.41) is 4.36. The van der Waals surface area contributed by atoms with Crippen molar-refractivity contribution in [3.63, 3.8) is 0 Å². The Kier molecular flexibility index (Phi) is 5.51. The van der Waals surface area contributed by atoms with Crippen molar-refractivity contribution in [2.45, 2.75) is 26.4 Å². The van der Waals surface area contributed by atoms with Crippen LogP contribution >= 0.6 is 0 Å². The first-order valence-electron chi connectivity index (χ1n) is 8.90. The first kappa shape index (κ1) is 19.2. The fraction of sp³-hybridized carbons (Fsp3) is 0.217. The van der Waals surface area contributed by atoms with Gasteiger partial charge < -0.3 is 9.47 Å². The van der Waals surface area contributed by atoms with Crippen molar-refractivity contribution in [3.05, 3.63) is 71.9 Å². The van der Waals surface area contributed by atoms with Gasteiger partial charge >= 0.3 is 6.09 Å². The molecule has 0 atom stereocenters. The predicted molar refractivity (Wildman–Crippen MR) is 108 cm³/mol. The van der Waals surface area contributed by atoms with E-state index in [1.54, 1.807) is 13.2 Å². The zero-order valence-corrected chi connectivity index (χ0v) is 16.4. The Bertz CT molecular complexity index is 1020. The molecular formula is C23H22N2O3. The Balaban J connectivity index is 1.97. The van der Waals surface area contributed by atoms with Gasteiger partial charge in [0.15, 0.2) is 0 Å². The molecule has 28 heavy (non-hydrogen) atoms. The van der Waals surface area contributed by atoms with E-state index in [0.717, 1.165) is 16.9 Å². The molecule has 0 saturated heterocycles. The van der Waals surface area contributed by atoms with E-state index in [1.165, 1.54) is 4.68 Å². The summed E-state index contributed by atoms with van der Waals surface area (Å²) in [4.78, 5) is 12.6. The smallest absolute Gasteiger partial charge is 0.435 e. The molecule has 0 aliphatic carbocycles. The van der Waals surface area contributed by atoms with Crippen LogP contribution in [-0.2, 0) is 4.74 Å². The lowest BCUT2D eigenvalue weighted by Crippen LogP contribution is -2.28. The largest absolute Gasteiger partial charge is 0.497 e. The van der Waals surface area contributed by atoms with Crippen molar-refractivity contribution >= 4 is 6.09 Å². The van der Waals surface area contributed by atoms with Crippen LogP contribution in [0.1, 0.15) is 32.0 Å². The fourth-order valence-electron chi connectivity index (χ4n) is 2.51. The average molecular weight is 374 g/mol. The van der Waals surface area contributed by atoms with E-state index in [0.29, 0.717) is 11.4 Å². The highest BCUT2D eigenvalue weighted by Gasteiger charge is 2.22. The maximum Gasteiger partial charge on any atom is 0.435 e. The average Bonchev–Trinajstić information content (AvgIpc) is 3.11. The molecular weight excluding hydrogens is 352 g/mol. The van der Waals surface area contributed by atoms with Crippen molar-refractivity contribution in [1.82, 2.24) is 9.78 Å². The van der Waals surface area contributed by atoms with Crippen LogP contribution in [0.5, 0.6) is 5.75 Å². The van der Waals surface area contributed by atoms with E-state index in [9.17, 15) is 4.79 Å². The summed E-state index contributed by atoms with van der Waals surface area (Å²) in [6, 6.07) is 18.8. The van der Waals surface area contributed by atoms with Crippen LogP contribution in [0, 0.1) is 11.8 Å². The quantitative estimate of drug-likeness (QED) is 0.608. The summed E-state index contributed by atoms with van der Waals surface area (Å²) in [5.74, 6) is 6.84. The highest BCUT2D eigenvalue weighted by Crippen LogP contribution is 2.22. The first-order chi connectivity index (χ1) is 13.4. The fourth-order valence-corrected chi connectivity index (χ4v) is 2.51. The Morgan fingerprint density at radius 2 is 1.68 bits per heavy atom.